The van der Waals surface area contributed by atoms with Crippen molar-refractivity contribution >= 4 is 0 Å². The second-order valence-corrected chi connectivity index (χ2v) is 20.9. The molecule has 8 N–H and O–H groups in total. The molecule has 4 aromatic rings. The van der Waals surface area contributed by atoms with Gasteiger partial charge in [-0.1, -0.05) is 132 Å². The van der Waals surface area contributed by atoms with Gasteiger partial charge in [0.25, 0.3) is 0 Å². The van der Waals surface area contributed by atoms with Crippen LogP contribution in [0.2, 0.25) is 0 Å². The lowest BCUT2D eigenvalue weighted by Crippen LogP contribution is -2.25. The van der Waals surface area contributed by atoms with E-state index in [1.165, 1.54) is 0 Å². The lowest BCUT2D eigenvalue weighted by atomic mass is 9.72. The van der Waals surface area contributed by atoms with Crippen LogP contribution in [0.1, 0.15) is 162 Å². The second kappa shape index (κ2) is 16.2. The predicted molar refractivity (Wildman–Crippen MR) is 232 cm³/mol. The van der Waals surface area contributed by atoms with Gasteiger partial charge in [0.05, 0.1) is 0 Å². The number of phenolic OH excluding ortho intramolecular Hbond substituents is 4. The van der Waals surface area contributed by atoms with Crippen LogP contribution in [-0.2, 0) is 34.5 Å². The van der Waals surface area contributed by atoms with Crippen molar-refractivity contribution in [1.82, 2.24) is 0 Å². The Morgan fingerprint density at radius 3 is 0.724 bits per heavy atom. The van der Waals surface area contributed by atoms with Gasteiger partial charge < -0.3 is 40.9 Å². The molecule has 0 radical (unpaired) electrons. The molecule has 8 heteroatoms. The van der Waals surface area contributed by atoms with E-state index < -0.39 is 71.8 Å². The van der Waals surface area contributed by atoms with E-state index in [0.29, 0.717) is 44.5 Å². The fourth-order valence-electron chi connectivity index (χ4n) is 8.39. The molecule has 5 rings (SSSR count). The molecule has 1 aliphatic carbocycles. The number of hydrogen-bond acceptors (Lipinski definition) is 8. The highest BCUT2D eigenvalue weighted by Gasteiger charge is 2.37. The molecule has 0 heterocycles. The molecular weight excluding hydrogens is 729 g/mol. The summed E-state index contributed by atoms with van der Waals surface area (Å²) in [6, 6.07) is 15.3. The van der Waals surface area contributed by atoms with Crippen LogP contribution >= 0.6 is 0 Å². The molecule has 4 aromatic carbocycles. The SMILES string of the molecule is CC(C)(C)c1cc2c(O)c(c1)C(C(CO)CO)c1cc(C(C)(C)C)cc(c1O)Cc1cc(C(C)(C)C)cc(c1O)C(C(CO)CO)c1cc(C(C)(C)C)cc(c1O)C2. The predicted octanol–water partition coefficient (Wildman–Crippen LogP) is 8.66. The van der Waals surface area contributed by atoms with Crippen LogP contribution in [0.3, 0.4) is 0 Å². The molecule has 0 unspecified atom stereocenters. The smallest absolute Gasteiger partial charge is 0.122 e. The summed E-state index contributed by atoms with van der Waals surface area (Å²) in [7, 11) is 0. The largest absolute Gasteiger partial charge is 0.507 e. The van der Waals surface area contributed by atoms with Crippen molar-refractivity contribution < 1.29 is 40.9 Å². The average Bonchev–Trinajstić information content (AvgIpc) is 3.11. The Balaban J connectivity index is 2.09. The molecule has 0 saturated heterocycles. The molecule has 58 heavy (non-hydrogen) atoms. The molecule has 316 valence electrons. The monoisotopic (exact) mass is 796 g/mol. The number of aliphatic hydroxyl groups excluding tert-OH is 4. The van der Waals surface area contributed by atoms with E-state index >= 15 is 0 Å². The van der Waals surface area contributed by atoms with Gasteiger partial charge in [0.15, 0.2) is 0 Å². The maximum absolute atomic E-state index is 12.5. The molecule has 0 aromatic heterocycles. The molecule has 0 atom stereocenters. The van der Waals surface area contributed by atoms with Crippen molar-refractivity contribution in [3.05, 3.63) is 115 Å². The fourth-order valence-corrected chi connectivity index (χ4v) is 8.39. The molecule has 0 fully saturated rings. The van der Waals surface area contributed by atoms with Crippen molar-refractivity contribution in [2.45, 2.75) is 129 Å². The molecule has 0 amide bonds. The van der Waals surface area contributed by atoms with Crippen molar-refractivity contribution in [3.8, 4) is 23.0 Å². The molecular formula is C50H68O8. The summed E-state index contributed by atoms with van der Waals surface area (Å²) in [6.07, 6.45) is 0.157. The Morgan fingerprint density at radius 2 is 0.569 bits per heavy atom. The first kappa shape index (κ1) is 45.0. The number of hydrogen-bond donors (Lipinski definition) is 8. The van der Waals surface area contributed by atoms with Gasteiger partial charge in [-0.05, 0) is 66.2 Å². The van der Waals surface area contributed by atoms with E-state index in [-0.39, 0.29) is 35.8 Å². The minimum Gasteiger partial charge on any atom is -0.507 e. The van der Waals surface area contributed by atoms with Gasteiger partial charge in [0.2, 0.25) is 0 Å². The summed E-state index contributed by atoms with van der Waals surface area (Å²) >= 11 is 0. The molecule has 0 aliphatic heterocycles. The van der Waals surface area contributed by atoms with E-state index in [1.807, 2.05) is 48.5 Å². The summed E-state index contributed by atoms with van der Waals surface area (Å²) in [5.41, 5.74) is 5.60. The number of fused-ring (bicyclic) bond motifs is 8. The normalized spacial score (nSPS) is 16.7. The molecule has 8 bridgehead atoms. The Hall–Kier alpha value is -4.08. The van der Waals surface area contributed by atoms with E-state index in [9.17, 15) is 40.9 Å². The standard InChI is InChI=1S/C50H68O8/c1-47(2,3)33-15-27-13-28-16-34(48(4,5)6)21-39(44(28)56)42(32(25-53)26-54)40-22-36(50(10,11)12)18-30(46(40)58)14-29-17-35(49(7,8)9)20-38(45(29)57)41(31(23-51)24-52)37(19-33)43(27)55/h15-22,31-32,41-42,51-58H,13-14,23-26H2,1-12H3. The van der Waals surface area contributed by atoms with E-state index in [1.54, 1.807) is 0 Å². The Morgan fingerprint density at radius 1 is 0.379 bits per heavy atom. The summed E-state index contributed by atoms with van der Waals surface area (Å²) < 4.78 is 0. The molecule has 1 aliphatic rings. The topological polar surface area (TPSA) is 162 Å². The average molecular weight is 797 g/mol. The van der Waals surface area contributed by atoms with Crippen LogP contribution in [0.5, 0.6) is 23.0 Å². The van der Waals surface area contributed by atoms with Gasteiger partial charge in [-0.25, -0.2) is 0 Å². The third-order valence-corrected chi connectivity index (χ3v) is 12.3. The highest BCUT2D eigenvalue weighted by atomic mass is 16.3. The number of benzene rings is 4. The van der Waals surface area contributed by atoms with Gasteiger partial charge >= 0.3 is 0 Å². The third kappa shape index (κ3) is 8.77. The maximum Gasteiger partial charge on any atom is 0.122 e. The van der Waals surface area contributed by atoms with Crippen molar-refractivity contribution in [2.24, 2.45) is 11.8 Å². The zero-order chi connectivity index (χ0) is 43.4. The first-order chi connectivity index (χ1) is 26.8. The first-order valence-electron chi connectivity index (χ1n) is 20.6. The molecule has 8 nitrogen and oxygen atoms in total. The van der Waals surface area contributed by atoms with Crippen LogP contribution in [0, 0.1) is 11.8 Å². The highest BCUT2D eigenvalue weighted by molar-refractivity contribution is 5.62. The van der Waals surface area contributed by atoms with Crippen molar-refractivity contribution in [2.75, 3.05) is 26.4 Å². The summed E-state index contributed by atoms with van der Waals surface area (Å²) in [6.45, 7) is 23.1. The van der Waals surface area contributed by atoms with E-state index in [4.69, 9.17) is 0 Å². The van der Waals surface area contributed by atoms with E-state index in [2.05, 4.69) is 83.1 Å². The minimum atomic E-state index is -0.862. The van der Waals surface area contributed by atoms with Crippen LogP contribution in [0.25, 0.3) is 0 Å². The fraction of sp³-hybridized carbons (Fsp3) is 0.520. The maximum atomic E-state index is 12.5. The second-order valence-electron chi connectivity index (χ2n) is 20.9. The van der Waals surface area contributed by atoms with Crippen LogP contribution in [-0.4, -0.2) is 67.3 Å². The highest BCUT2D eigenvalue weighted by Crippen LogP contribution is 2.50. The van der Waals surface area contributed by atoms with Crippen LogP contribution < -0.4 is 0 Å². The summed E-state index contributed by atoms with van der Waals surface area (Å²) in [5.74, 6) is -3.63. The van der Waals surface area contributed by atoms with Gasteiger partial charge in [-0.2, -0.15) is 0 Å². The van der Waals surface area contributed by atoms with Gasteiger partial charge in [0.1, 0.15) is 23.0 Å². The van der Waals surface area contributed by atoms with Crippen LogP contribution in [0.15, 0.2) is 48.5 Å². The zero-order valence-corrected chi connectivity index (χ0v) is 36.7. The Kier molecular flexibility index (Phi) is 12.6. The molecule has 0 spiro atoms. The summed E-state index contributed by atoms with van der Waals surface area (Å²) in [4.78, 5) is 0. The van der Waals surface area contributed by atoms with Gasteiger partial charge in [-0.15, -0.1) is 0 Å². The third-order valence-electron chi connectivity index (χ3n) is 12.3. The van der Waals surface area contributed by atoms with Gasteiger partial charge in [0, 0.05) is 85.2 Å². The lowest BCUT2D eigenvalue weighted by molar-refractivity contribution is 0.137. The van der Waals surface area contributed by atoms with Crippen molar-refractivity contribution in [1.29, 1.82) is 0 Å². The minimum absolute atomic E-state index is 0.0703. The number of phenols is 4. The number of aromatic hydroxyl groups is 4. The molecule has 0 saturated carbocycles. The summed E-state index contributed by atoms with van der Waals surface area (Å²) in [5, 5.41) is 93.5. The quantitative estimate of drug-likeness (QED) is 0.0962. The Bertz CT molecular complexity index is 1840. The lowest BCUT2D eigenvalue weighted by Gasteiger charge is -2.33. The van der Waals surface area contributed by atoms with Crippen LogP contribution in [0.4, 0.5) is 0 Å². The van der Waals surface area contributed by atoms with Gasteiger partial charge in [-0.3, -0.25) is 0 Å². The Labute approximate surface area is 345 Å². The number of rotatable bonds is 6. The number of aliphatic hydroxyl groups is 4. The van der Waals surface area contributed by atoms with E-state index in [0.717, 1.165) is 22.3 Å². The first-order valence-corrected chi connectivity index (χ1v) is 20.6. The van der Waals surface area contributed by atoms with Crippen molar-refractivity contribution in [3.63, 3.8) is 0 Å². The zero-order valence-electron chi connectivity index (χ0n) is 36.7.